The molecule has 1 aliphatic heterocycles. The number of halogens is 1. The van der Waals surface area contributed by atoms with E-state index in [0.717, 1.165) is 37.5 Å². The van der Waals surface area contributed by atoms with Crippen LogP contribution in [0.1, 0.15) is 32.8 Å². The second kappa shape index (κ2) is 11.7. The van der Waals surface area contributed by atoms with Gasteiger partial charge in [0.25, 0.3) is 0 Å². The van der Waals surface area contributed by atoms with Crippen LogP contribution in [0.5, 0.6) is 0 Å². The predicted octanol–water partition coefficient (Wildman–Crippen LogP) is 2.06. The molecule has 1 aromatic rings. The third kappa shape index (κ3) is 8.12. The van der Waals surface area contributed by atoms with E-state index in [1.807, 2.05) is 37.8 Å². The molecule has 2 rings (SSSR count). The average molecular weight is 536 g/mol. The molecule has 29 heavy (non-hydrogen) atoms. The number of rotatable bonds is 7. The van der Waals surface area contributed by atoms with Gasteiger partial charge >= 0.3 is 0 Å². The molecule has 1 atom stereocenters. The molecule has 1 amide bonds. The molecule has 1 fully saturated rings. The Morgan fingerprint density at radius 2 is 1.93 bits per heavy atom. The number of nitrogens with zero attached hydrogens (tertiary/aromatic N) is 2. The van der Waals surface area contributed by atoms with Crippen molar-refractivity contribution < 1.29 is 13.2 Å². The van der Waals surface area contributed by atoms with E-state index < -0.39 is 9.84 Å². The van der Waals surface area contributed by atoms with Crippen LogP contribution >= 0.6 is 24.0 Å². The van der Waals surface area contributed by atoms with E-state index in [9.17, 15) is 13.2 Å². The molecule has 1 heterocycles. The maximum Gasteiger partial charge on any atom is 0.225 e. The molecule has 0 bridgehead atoms. The first kappa shape index (κ1) is 25.7. The Labute approximate surface area is 191 Å². The molecular weight excluding hydrogens is 503 g/mol. The van der Waals surface area contributed by atoms with Gasteiger partial charge in [0, 0.05) is 44.4 Å². The largest absolute Gasteiger partial charge is 0.357 e. The number of hydrogen-bond acceptors (Lipinski definition) is 4. The lowest BCUT2D eigenvalue weighted by molar-refractivity contribution is -0.133. The summed E-state index contributed by atoms with van der Waals surface area (Å²) in [7, 11) is -3.17. The number of carbonyl (C=O) groups excluding carboxylic acids is 1. The van der Waals surface area contributed by atoms with Crippen LogP contribution in [0.4, 0.5) is 0 Å². The van der Waals surface area contributed by atoms with Gasteiger partial charge in [-0.25, -0.2) is 8.42 Å². The van der Waals surface area contributed by atoms with E-state index in [4.69, 9.17) is 0 Å². The highest BCUT2D eigenvalue weighted by molar-refractivity contribution is 14.0. The lowest BCUT2D eigenvalue weighted by atomic mass is 10.1. The monoisotopic (exact) mass is 536 g/mol. The number of benzene rings is 1. The van der Waals surface area contributed by atoms with E-state index >= 15 is 0 Å². The normalized spacial score (nSPS) is 17.2. The van der Waals surface area contributed by atoms with E-state index in [1.165, 1.54) is 6.26 Å². The fourth-order valence-electron chi connectivity index (χ4n) is 3.16. The first-order valence-electron chi connectivity index (χ1n) is 9.83. The number of aliphatic imine (C=N–C) groups is 1. The summed E-state index contributed by atoms with van der Waals surface area (Å²) in [5, 5.41) is 6.67. The van der Waals surface area contributed by atoms with E-state index in [-0.39, 0.29) is 41.8 Å². The lowest BCUT2D eigenvalue weighted by Gasteiger charge is -2.20. The lowest BCUT2D eigenvalue weighted by Crippen LogP contribution is -2.45. The van der Waals surface area contributed by atoms with Crippen molar-refractivity contribution in [2.24, 2.45) is 10.9 Å². The summed E-state index contributed by atoms with van der Waals surface area (Å²) in [5.74, 6) is 0.970. The Bertz CT molecular complexity index is 794. The molecule has 0 radical (unpaired) electrons. The number of guanidine groups is 1. The number of amides is 1. The van der Waals surface area contributed by atoms with Gasteiger partial charge in [0.1, 0.15) is 0 Å². The van der Waals surface area contributed by atoms with Gasteiger partial charge in [-0.15, -0.1) is 24.0 Å². The SMILES string of the molecule is CCNC(=NCCc1ccc(S(C)(=O)=O)cc1)NC1CCN(C(=O)C(C)C)C1.I. The van der Waals surface area contributed by atoms with Crippen molar-refractivity contribution in [3.05, 3.63) is 29.8 Å². The van der Waals surface area contributed by atoms with Crippen molar-refractivity contribution >= 4 is 45.7 Å². The fourth-order valence-corrected chi connectivity index (χ4v) is 3.79. The highest BCUT2D eigenvalue weighted by Gasteiger charge is 2.27. The van der Waals surface area contributed by atoms with E-state index in [2.05, 4.69) is 15.6 Å². The van der Waals surface area contributed by atoms with Crippen molar-refractivity contribution in [3.8, 4) is 0 Å². The molecule has 1 unspecified atom stereocenters. The topological polar surface area (TPSA) is 90.9 Å². The highest BCUT2D eigenvalue weighted by Crippen LogP contribution is 2.13. The summed E-state index contributed by atoms with van der Waals surface area (Å²) >= 11 is 0. The molecule has 9 heteroatoms. The minimum absolute atomic E-state index is 0. The van der Waals surface area contributed by atoms with Crippen molar-refractivity contribution in [2.75, 3.05) is 32.4 Å². The molecule has 1 aliphatic rings. The minimum atomic E-state index is -3.17. The van der Waals surface area contributed by atoms with Crippen LogP contribution in [0.25, 0.3) is 0 Å². The summed E-state index contributed by atoms with van der Waals surface area (Å²) in [4.78, 5) is 19.0. The van der Waals surface area contributed by atoms with Gasteiger partial charge in [0.2, 0.25) is 5.91 Å². The van der Waals surface area contributed by atoms with E-state index in [1.54, 1.807) is 12.1 Å². The first-order chi connectivity index (χ1) is 13.2. The molecule has 0 saturated carbocycles. The van der Waals surface area contributed by atoms with Crippen LogP contribution in [0.15, 0.2) is 34.2 Å². The van der Waals surface area contributed by atoms with Gasteiger partial charge in [-0.3, -0.25) is 9.79 Å². The Balaban J connectivity index is 0.00000420. The first-order valence-corrected chi connectivity index (χ1v) is 11.7. The van der Waals surface area contributed by atoms with Gasteiger partial charge in [-0.05, 0) is 37.5 Å². The summed E-state index contributed by atoms with van der Waals surface area (Å²) in [6.45, 7) is 8.71. The Morgan fingerprint density at radius 1 is 1.28 bits per heavy atom. The van der Waals surface area contributed by atoms with Crippen molar-refractivity contribution in [1.82, 2.24) is 15.5 Å². The molecule has 7 nitrogen and oxygen atoms in total. The summed E-state index contributed by atoms with van der Waals surface area (Å²) in [6, 6.07) is 7.14. The number of hydrogen-bond donors (Lipinski definition) is 2. The Hall–Kier alpha value is -1.36. The van der Waals surface area contributed by atoms with Crippen molar-refractivity contribution in [1.29, 1.82) is 0 Å². The van der Waals surface area contributed by atoms with Crippen LogP contribution in [-0.4, -0.2) is 63.7 Å². The third-order valence-corrected chi connectivity index (χ3v) is 5.83. The predicted molar refractivity (Wildman–Crippen MR) is 128 cm³/mol. The second-order valence-corrected chi connectivity index (χ2v) is 9.51. The fraction of sp³-hybridized carbons (Fsp3) is 0.600. The maximum atomic E-state index is 12.1. The van der Waals surface area contributed by atoms with Crippen molar-refractivity contribution in [3.63, 3.8) is 0 Å². The Kier molecular flexibility index (Phi) is 10.4. The molecule has 1 aromatic carbocycles. The zero-order valence-corrected chi connectivity index (χ0v) is 20.8. The third-order valence-electron chi connectivity index (χ3n) is 4.70. The van der Waals surface area contributed by atoms with E-state index in [0.29, 0.717) is 18.0 Å². The van der Waals surface area contributed by atoms with Gasteiger partial charge in [-0.2, -0.15) is 0 Å². The number of likely N-dealkylation sites (tertiary alicyclic amines) is 1. The van der Waals surface area contributed by atoms with Gasteiger partial charge in [-0.1, -0.05) is 26.0 Å². The van der Waals surface area contributed by atoms with Crippen LogP contribution in [0.2, 0.25) is 0 Å². The molecule has 0 spiro atoms. The van der Waals surface area contributed by atoms with Gasteiger partial charge < -0.3 is 15.5 Å². The van der Waals surface area contributed by atoms with Crippen molar-refractivity contribution in [2.45, 2.75) is 44.6 Å². The standard InChI is InChI=1S/C20H32N4O3S.HI/c1-5-21-20(23-17-11-13-24(14-17)19(25)15(2)3)22-12-10-16-6-8-18(9-7-16)28(4,26)27;/h6-9,15,17H,5,10-14H2,1-4H3,(H2,21,22,23);1H. The molecule has 164 valence electrons. The van der Waals surface area contributed by atoms with Crippen LogP contribution < -0.4 is 10.6 Å². The zero-order valence-electron chi connectivity index (χ0n) is 17.6. The number of nitrogens with one attached hydrogen (secondary N) is 2. The highest BCUT2D eigenvalue weighted by atomic mass is 127. The van der Waals surface area contributed by atoms with Crippen LogP contribution in [0.3, 0.4) is 0 Å². The van der Waals surface area contributed by atoms with Crippen LogP contribution in [-0.2, 0) is 21.1 Å². The second-order valence-electron chi connectivity index (χ2n) is 7.50. The quantitative estimate of drug-likeness (QED) is 0.317. The molecular formula is C20H33IN4O3S. The zero-order chi connectivity index (χ0) is 20.7. The summed E-state index contributed by atoms with van der Waals surface area (Å²) < 4.78 is 23.0. The molecule has 1 saturated heterocycles. The smallest absolute Gasteiger partial charge is 0.225 e. The average Bonchev–Trinajstić information content (AvgIpc) is 3.09. The molecule has 0 aliphatic carbocycles. The summed E-state index contributed by atoms with van der Waals surface area (Å²) in [6.07, 6.45) is 2.85. The number of carbonyl (C=O) groups is 1. The minimum Gasteiger partial charge on any atom is -0.357 e. The molecule has 0 aromatic heterocycles. The Morgan fingerprint density at radius 3 is 2.48 bits per heavy atom. The number of sulfone groups is 1. The maximum absolute atomic E-state index is 12.1. The van der Waals surface area contributed by atoms with Crippen LogP contribution in [0, 0.1) is 5.92 Å². The van der Waals surface area contributed by atoms with Gasteiger partial charge in [0.15, 0.2) is 15.8 Å². The summed E-state index contributed by atoms with van der Waals surface area (Å²) in [5.41, 5.74) is 1.04. The molecule has 2 N–H and O–H groups in total. The van der Waals surface area contributed by atoms with Gasteiger partial charge in [0.05, 0.1) is 4.90 Å².